The minimum absolute atomic E-state index is 0.448. The van der Waals surface area contributed by atoms with Crippen molar-refractivity contribution in [2.75, 3.05) is 0 Å². The molecule has 0 aliphatic heterocycles. The lowest BCUT2D eigenvalue weighted by Gasteiger charge is -2.08. The quantitative estimate of drug-likeness (QED) is 0.812. The van der Waals surface area contributed by atoms with Gasteiger partial charge in [0.2, 0.25) is 0 Å². The Labute approximate surface area is 112 Å². The monoisotopic (exact) mass is 294 g/mol. The number of allylic oxidation sites excluding steroid dienone is 1. The van der Waals surface area contributed by atoms with Crippen LogP contribution in [0.5, 0.6) is 0 Å². The third-order valence-corrected chi connectivity index (χ3v) is 3.09. The number of halogens is 1. The van der Waals surface area contributed by atoms with Gasteiger partial charge in [-0.1, -0.05) is 41.1 Å². The number of aryl methyl sites for hydroxylation is 1. The summed E-state index contributed by atoms with van der Waals surface area (Å²) < 4.78 is 1.05. The molecule has 1 nitrogen and oxygen atoms in total. The summed E-state index contributed by atoms with van der Waals surface area (Å²) in [7, 11) is 0. The standard InChI is InChI=1S/C15H19BrO/c1-4-5-6-13(12(3)17)9-14-10-15(16)8-7-11(14)2/h5-10,12,17H,4H2,1-3H3/b6-5+,13-9+. The van der Waals surface area contributed by atoms with E-state index >= 15 is 0 Å². The van der Waals surface area contributed by atoms with Gasteiger partial charge in [-0.2, -0.15) is 0 Å². The molecule has 1 rings (SSSR count). The molecule has 0 spiro atoms. The Balaban J connectivity index is 3.12. The first-order valence-corrected chi connectivity index (χ1v) is 6.66. The van der Waals surface area contributed by atoms with E-state index in [0.29, 0.717) is 0 Å². The van der Waals surface area contributed by atoms with E-state index in [1.807, 2.05) is 18.2 Å². The Morgan fingerprint density at radius 1 is 1.47 bits per heavy atom. The Kier molecular flexibility index (Phi) is 5.66. The predicted molar refractivity (Wildman–Crippen MR) is 78.0 cm³/mol. The minimum Gasteiger partial charge on any atom is -0.389 e. The van der Waals surface area contributed by atoms with Crippen LogP contribution in [0, 0.1) is 6.92 Å². The van der Waals surface area contributed by atoms with Crippen LogP contribution in [0.25, 0.3) is 6.08 Å². The van der Waals surface area contributed by atoms with E-state index in [0.717, 1.165) is 22.0 Å². The highest BCUT2D eigenvalue weighted by molar-refractivity contribution is 9.10. The van der Waals surface area contributed by atoms with Gasteiger partial charge in [-0.3, -0.25) is 0 Å². The molecule has 0 aliphatic rings. The van der Waals surface area contributed by atoms with E-state index in [4.69, 9.17) is 0 Å². The van der Waals surface area contributed by atoms with Crippen LogP contribution in [-0.4, -0.2) is 11.2 Å². The van der Waals surface area contributed by atoms with Crippen molar-refractivity contribution >= 4 is 22.0 Å². The lowest BCUT2D eigenvalue weighted by Crippen LogP contribution is -2.02. The van der Waals surface area contributed by atoms with Crippen molar-refractivity contribution in [2.45, 2.75) is 33.3 Å². The van der Waals surface area contributed by atoms with Crippen LogP contribution in [0.4, 0.5) is 0 Å². The van der Waals surface area contributed by atoms with Gasteiger partial charge in [0, 0.05) is 4.47 Å². The largest absolute Gasteiger partial charge is 0.389 e. The van der Waals surface area contributed by atoms with Crippen molar-refractivity contribution in [1.82, 2.24) is 0 Å². The molecule has 0 saturated carbocycles. The van der Waals surface area contributed by atoms with E-state index in [1.165, 1.54) is 5.56 Å². The summed E-state index contributed by atoms with van der Waals surface area (Å²) in [6, 6.07) is 6.16. The number of aliphatic hydroxyl groups is 1. The highest BCUT2D eigenvalue weighted by Crippen LogP contribution is 2.20. The molecular formula is C15H19BrO. The van der Waals surface area contributed by atoms with Crippen LogP contribution >= 0.6 is 15.9 Å². The van der Waals surface area contributed by atoms with Crippen LogP contribution in [0.15, 0.2) is 40.4 Å². The van der Waals surface area contributed by atoms with E-state index in [2.05, 4.69) is 48.0 Å². The summed E-state index contributed by atoms with van der Waals surface area (Å²) >= 11 is 3.47. The summed E-state index contributed by atoms with van der Waals surface area (Å²) in [5.41, 5.74) is 3.28. The first kappa shape index (κ1) is 14.2. The number of benzene rings is 1. The molecule has 1 N–H and O–H groups in total. The zero-order valence-electron chi connectivity index (χ0n) is 10.6. The smallest absolute Gasteiger partial charge is 0.0762 e. The molecule has 0 fully saturated rings. The molecule has 0 heterocycles. The van der Waals surface area contributed by atoms with Gasteiger partial charge in [0.1, 0.15) is 0 Å². The Bertz CT molecular complexity index is 431. The lowest BCUT2D eigenvalue weighted by atomic mass is 10.0. The molecular weight excluding hydrogens is 276 g/mol. The van der Waals surface area contributed by atoms with E-state index in [-0.39, 0.29) is 0 Å². The molecule has 0 saturated heterocycles. The topological polar surface area (TPSA) is 20.2 Å². The molecule has 17 heavy (non-hydrogen) atoms. The van der Waals surface area contributed by atoms with E-state index < -0.39 is 6.10 Å². The molecule has 1 unspecified atom stereocenters. The summed E-state index contributed by atoms with van der Waals surface area (Å²) in [6.45, 7) is 5.95. The van der Waals surface area contributed by atoms with Crippen LogP contribution in [-0.2, 0) is 0 Å². The summed E-state index contributed by atoms with van der Waals surface area (Å²) in [5.74, 6) is 0. The SMILES string of the molecule is CC/C=C/C(=C\c1cc(Br)ccc1C)C(C)O. The normalized spacial score (nSPS) is 14.3. The molecule has 1 atom stereocenters. The van der Waals surface area contributed by atoms with E-state index in [1.54, 1.807) is 6.92 Å². The van der Waals surface area contributed by atoms with Gasteiger partial charge >= 0.3 is 0 Å². The fraction of sp³-hybridized carbons (Fsp3) is 0.333. The zero-order chi connectivity index (χ0) is 12.8. The summed E-state index contributed by atoms with van der Waals surface area (Å²) in [4.78, 5) is 0. The Morgan fingerprint density at radius 3 is 2.76 bits per heavy atom. The lowest BCUT2D eigenvalue weighted by molar-refractivity contribution is 0.236. The molecule has 0 radical (unpaired) electrons. The average Bonchev–Trinajstić information content (AvgIpc) is 2.28. The van der Waals surface area contributed by atoms with Crippen LogP contribution in [0.3, 0.4) is 0 Å². The second-order valence-electron chi connectivity index (χ2n) is 4.13. The molecule has 0 bridgehead atoms. The maximum atomic E-state index is 9.73. The van der Waals surface area contributed by atoms with Gasteiger partial charge in [0.05, 0.1) is 6.10 Å². The molecule has 0 amide bonds. The van der Waals surface area contributed by atoms with Crippen LogP contribution in [0.2, 0.25) is 0 Å². The summed E-state index contributed by atoms with van der Waals surface area (Å²) in [6.07, 6.45) is 6.62. The fourth-order valence-corrected chi connectivity index (χ4v) is 1.89. The maximum Gasteiger partial charge on any atom is 0.0762 e. The fourth-order valence-electron chi connectivity index (χ4n) is 1.51. The number of hydrogen-bond acceptors (Lipinski definition) is 1. The highest BCUT2D eigenvalue weighted by Gasteiger charge is 2.03. The number of rotatable bonds is 4. The molecule has 1 aromatic carbocycles. The number of hydrogen-bond donors (Lipinski definition) is 1. The van der Waals surface area contributed by atoms with Crippen molar-refractivity contribution in [3.8, 4) is 0 Å². The van der Waals surface area contributed by atoms with Gasteiger partial charge in [0.25, 0.3) is 0 Å². The van der Waals surface area contributed by atoms with Gasteiger partial charge in [-0.15, -0.1) is 0 Å². The second kappa shape index (κ2) is 6.77. The third-order valence-electron chi connectivity index (χ3n) is 2.59. The first-order chi connectivity index (χ1) is 8.04. The van der Waals surface area contributed by atoms with Crippen molar-refractivity contribution in [3.05, 3.63) is 51.5 Å². The molecule has 0 aromatic heterocycles. The molecule has 2 heteroatoms. The molecule has 1 aromatic rings. The maximum absolute atomic E-state index is 9.73. The predicted octanol–water partition coefficient (Wildman–Crippen LogP) is 4.49. The van der Waals surface area contributed by atoms with E-state index in [9.17, 15) is 5.11 Å². The van der Waals surface area contributed by atoms with Crippen LogP contribution in [0.1, 0.15) is 31.4 Å². The van der Waals surface area contributed by atoms with Crippen molar-refractivity contribution in [1.29, 1.82) is 0 Å². The van der Waals surface area contributed by atoms with Gasteiger partial charge < -0.3 is 5.11 Å². The third kappa shape index (κ3) is 4.49. The van der Waals surface area contributed by atoms with Crippen LogP contribution < -0.4 is 0 Å². The minimum atomic E-state index is -0.448. The second-order valence-corrected chi connectivity index (χ2v) is 5.05. The van der Waals surface area contributed by atoms with Gasteiger partial charge in [-0.05, 0) is 55.2 Å². The highest BCUT2D eigenvalue weighted by atomic mass is 79.9. The first-order valence-electron chi connectivity index (χ1n) is 5.87. The van der Waals surface area contributed by atoms with Gasteiger partial charge in [0.15, 0.2) is 0 Å². The Hall–Kier alpha value is -0.860. The molecule has 92 valence electrons. The number of aliphatic hydroxyl groups excluding tert-OH is 1. The molecule has 0 aliphatic carbocycles. The summed E-state index contributed by atoms with van der Waals surface area (Å²) in [5, 5.41) is 9.73. The van der Waals surface area contributed by atoms with Gasteiger partial charge in [-0.25, -0.2) is 0 Å². The van der Waals surface area contributed by atoms with Crippen molar-refractivity contribution in [2.24, 2.45) is 0 Å². The van der Waals surface area contributed by atoms with Crippen molar-refractivity contribution < 1.29 is 5.11 Å². The Morgan fingerprint density at radius 2 is 2.18 bits per heavy atom. The average molecular weight is 295 g/mol. The van der Waals surface area contributed by atoms with Crippen molar-refractivity contribution in [3.63, 3.8) is 0 Å². The zero-order valence-corrected chi connectivity index (χ0v) is 12.2.